The molecule has 1 aliphatic heterocycles. The number of carbonyl (C=O) groups is 6. The number of amides is 4. The van der Waals surface area contributed by atoms with Crippen LogP contribution in [0, 0.1) is 27.7 Å². The van der Waals surface area contributed by atoms with E-state index >= 15 is 0 Å². The number of nitrogens with zero attached hydrogens (tertiary/aromatic N) is 1. The molecule has 2 N–H and O–H groups in total. The van der Waals surface area contributed by atoms with Crippen LogP contribution in [0.2, 0.25) is 0 Å². The van der Waals surface area contributed by atoms with Gasteiger partial charge in [-0.1, -0.05) is 54.6 Å². The number of carbonyl (C=O) groups excluding carboxylic acids is 6. The van der Waals surface area contributed by atoms with Gasteiger partial charge in [-0.15, -0.1) is 0 Å². The summed E-state index contributed by atoms with van der Waals surface area (Å²) in [5, 5.41) is 5.42. The van der Waals surface area contributed by atoms with Gasteiger partial charge in [0.1, 0.15) is 6.04 Å². The van der Waals surface area contributed by atoms with Crippen LogP contribution >= 0.6 is 0 Å². The number of imide groups is 1. The SMILES string of the molecule is Cc1ccc(C)c(NC(=O)COC(=O)c2ccc3c(c2)C(=O)N(C(Cc2ccccc2)C(=O)OCC(=O)Nc2cc(C)ccc2C)C3=O)c1. The van der Waals surface area contributed by atoms with Gasteiger partial charge in [-0.25, -0.2) is 9.59 Å². The number of hydrogen-bond acceptors (Lipinski definition) is 8. The fourth-order valence-electron chi connectivity index (χ4n) is 5.35. The Labute approximate surface area is 283 Å². The maximum atomic E-state index is 13.7. The van der Waals surface area contributed by atoms with Gasteiger partial charge in [0.2, 0.25) is 0 Å². The summed E-state index contributed by atoms with van der Waals surface area (Å²) in [6, 6.07) is 22.2. The van der Waals surface area contributed by atoms with Gasteiger partial charge >= 0.3 is 11.9 Å². The van der Waals surface area contributed by atoms with E-state index in [-0.39, 0.29) is 23.1 Å². The van der Waals surface area contributed by atoms with Crippen molar-refractivity contribution in [3.8, 4) is 0 Å². The van der Waals surface area contributed by atoms with Crippen LogP contribution in [-0.2, 0) is 30.3 Å². The van der Waals surface area contributed by atoms with Gasteiger partial charge in [0.25, 0.3) is 23.6 Å². The number of rotatable bonds is 11. The van der Waals surface area contributed by atoms with E-state index in [4.69, 9.17) is 9.47 Å². The van der Waals surface area contributed by atoms with Gasteiger partial charge in [0.05, 0.1) is 16.7 Å². The molecule has 0 bridgehead atoms. The van der Waals surface area contributed by atoms with Crippen LogP contribution in [0.15, 0.2) is 84.9 Å². The summed E-state index contributed by atoms with van der Waals surface area (Å²) < 4.78 is 10.5. The molecule has 4 aromatic rings. The molecule has 0 radical (unpaired) electrons. The molecule has 0 fully saturated rings. The highest BCUT2D eigenvalue weighted by Crippen LogP contribution is 2.28. The molecule has 0 saturated carbocycles. The topological polar surface area (TPSA) is 148 Å². The van der Waals surface area contributed by atoms with Crippen molar-refractivity contribution < 1.29 is 38.2 Å². The maximum absolute atomic E-state index is 13.7. The molecule has 1 atom stereocenters. The number of nitrogens with one attached hydrogen (secondary N) is 2. The van der Waals surface area contributed by atoms with Crippen LogP contribution in [0.5, 0.6) is 0 Å². The molecule has 11 nitrogen and oxygen atoms in total. The first-order valence-corrected chi connectivity index (χ1v) is 15.5. The third-order valence-electron chi connectivity index (χ3n) is 8.02. The first-order chi connectivity index (χ1) is 23.4. The zero-order chi connectivity index (χ0) is 35.2. The van der Waals surface area contributed by atoms with E-state index in [1.165, 1.54) is 18.2 Å². The molecule has 0 spiro atoms. The summed E-state index contributed by atoms with van der Waals surface area (Å²) in [4.78, 5) is 79.6. The van der Waals surface area contributed by atoms with Gasteiger partial charge in [0, 0.05) is 17.8 Å². The largest absolute Gasteiger partial charge is 0.454 e. The number of aryl methyl sites for hydroxylation is 4. The summed E-state index contributed by atoms with van der Waals surface area (Å²) in [7, 11) is 0. The molecule has 1 unspecified atom stereocenters. The first kappa shape index (κ1) is 34.2. The summed E-state index contributed by atoms with van der Waals surface area (Å²) >= 11 is 0. The lowest BCUT2D eigenvalue weighted by atomic mass is 10.0. The Morgan fingerprint density at radius 1 is 0.653 bits per heavy atom. The molecule has 49 heavy (non-hydrogen) atoms. The van der Waals surface area contributed by atoms with Gasteiger partial charge in [-0.3, -0.25) is 24.1 Å². The quantitative estimate of drug-likeness (QED) is 0.167. The zero-order valence-electron chi connectivity index (χ0n) is 27.5. The highest BCUT2D eigenvalue weighted by atomic mass is 16.5. The standard InChI is InChI=1S/C38H35N3O8/c1-22-10-12-24(3)30(16-22)39-33(42)20-48-37(46)27-14-15-28-29(19-27)36(45)41(35(28)44)32(18-26-8-6-5-7-9-26)38(47)49-21-34(43)40-31-17-23(2)11-13-25(31)4/h5-17,19,32H,18,20-21H2,1-4H3,(H,39,42)(H,40,43). The molecule has 4 aromatic carbocycles. The second kappa shape index (κ2) is 14.8. The van der Waals surface area contributed by atoms with Crippen molar-refractivity contribution in [1.82, 2.24) is 4.90 Å². The maximum Gasteiger partial charge on any atom is 0.338 e. The van der Waals surface area contributed by atoms with E-state index in [0.717, 1.165) is 27.2 Å². The average molecular weight is 662 g/mol. The molecular weight excluding hydrogens is 626 g/mol. The van der Waals surface area contributed by atoms with Crippen molar-refractivity contribution in [3.05, 3.63) is 129 Å². The lowest BCUT2D eigenvalue weighted by molar-refractivity contribution is -0.151. The van der Waals surface area contributed by atoms with E-state index in [2.05, 4.69) is 10.6 Å². The minimum absolute atomic E-state index is 0.0206. The zero-order valence-corrected chi connectivity index (χ0v) is 27.5. The molecule has 0 saturated heterocycles. The Balaban J connectivity index is 1.29. The first-order valence-electron chi connectivity index (χ1n) is 15.5. The average Bonchev–Trinajstić information content (AvgIpc) is 3.33. The summed E-state index contributed by atoms with van der Waals surface area (Å²) in [5.41, 5.74) is 5.14. The smallest absolute Gasteiger partial charge is 0.338 e. The van der Waals surface area contributed by atoms with Crippen molar-refractivity contribution in [2.45, 2.75) is 40.2 Å². The van der Waals surface area contributed by atoms with Crippen LogP contribution in [0.25, 0.3) is 0 Å². The van der Waals surface area contributed by atoms with Crippen LogP contribution in [0.3, 0.4) is 0 Å². The van der Waals surface area contributed by atoms with E-state index in [0.29, 0.717) is 16.9 Å². The minimum Gasteiger partial charge on any atom is -0.454 e. The van der Waals surface area contributed by atoms with Gasteiger partial charge in [-0.2, -0.15) is 0 Å². The lowest BCUT2D eigenvalue weighted by Crippen LogP contribution is -2.47. The minimum atomic E-state index is -1.41. The van der Waals surface area contributed by atoms with Crippen molar-refractivity contribution in [2.24, 2.45) is 0 Å². The molecule has 0 aliphatic carbocycles. The number of anilines is 2. The second-order valence-corrected chi connectivity index (χ2v) is 11.9. The van der Waals surface area contributed by atoms with E-state index in [9.17, 15) is 28.8 Å². The monoisotopic (exact) mass is 661 g/mol. The van der Waals surface area contributed by atoms with E-state index < -0.39 is 54.8 Å². The summed E-state index contributed by atoms with van der Waals surface area (Å²) in [6.07, 6.45) is -0.0752. The number of fused-ring (bicyclic) bond motifs is 1. The van der Waals surface area contributed by atoms with Gasteiger partial charge in [0.15, 0.2) is 13.2 Å². The van der Waals surface area contributed by atoms with Crippen LogP contribution in [0.1, 0.15) is 58.9 Å². The van der Waals surface area contributed by atoms with Crippen molar-refractivity contribution in [1.29, 1.82) is 0 Å². The molecule has 11 heteroatoms. The predicted molar refractivity (Wildman–Crippen MR) is 181 cm³/mol. The predicted octanol–water partition coefficient (Wildman–Crippen LogP) is 5.10. The molecule has 1 aliphatic rings. The molecule has 0 aromatic heterocycles. The van der Waals surface area contributed by atoms with Crippen LogP contribution < -0.4 is 10.6 Å². The fourth-order valence-corrected chi connectivity index (χ4v) is 5.35. The fraction of sp³-hybridized carbons (Fsp3) is 0.211. The highest BCUT2D eigenvalue weighted by molar-refractivity contribution is 6.23. The summed E-state index contributed by atoms with van der Waals surface area (Å²) in [5.74, 6) is -4.55. The molecular formula is C38H35N3O8. The molecule has 1 heterocycles. The highest BCUT2D eigenvalue weighted by Gasteiger charge is 2.44. The number of benzene rings is 4. The third kappa shape index (κ3) is 8.07. The Morgan fingerprint density at radius 3 is 1.80 bits per heavy atom. The normalized spacial score (nSPS) is 12.6. The van der Waals surface area contributed by atoms with Crippen molar-refractivity contribution in [3.63, 3.8) is 0 Å². The Bertz CT molecular complexity index is 1970. The van der Waals surface area contributed by atoms with Crippen LogP contribution in [-0.4, -0.2) is 59.7 Å². The Kier molecular flexibility index (Phi) is 10.3. The number of hydrogen-bond donors (Lipinski definition) is 2. The van der Waals surface area contributed by atoms with E-state index in [1.54, 1.807) is 42.5 Å². The molecule has 5 rings (SSSR count). The molecule has 4 amide bonds. The van der Waals surface area contributed by atoms with Crippen LogP contribution in [0.4, 0.5) is 11.4 Å². The molecule has 250 valence electrons. The van der Waals surface area contributed by atoms with E-state index in [1.807, 2.05) is 52.0 Å². The van der Waals surface area contributed by atoms with Crippen molar-refractivity contribution >= 4 is 46.9 Å². The number of esters is 2. The van der Waals surface area contributed by atoms with Crippen molar-refractivity contribution in [2.75, 3.05) is 23.8 Å². The number of ether oxygens (including phenoxy) is 2. The Morgan fingerprint density at radius 2 is 1.20 bits per heavy atom. The van der Waals surface area contributed by atoms with Gasteiger partial charge < -0.3 is 20.1 Å². The lowest BCUT2D eigenvalue weighted by Gasteiger charge is -2.24. The third-order valence-corrected chi connectivity index (χ3v) is 8.02. The second-order valence-electron chi connectivity index (χ2n) is 11.9. The summed E-state index contributed by atoms with van der Waals surface area (Å²) in [6.45, 7) is 6.20. The van der Waals surface area contributed by atoms with Gasteiger partial charge in [-0.05, 0) is 85.8 Å². The Hall–Kier alpha value is -6.10.